The van der Waals surface area contributed by atoms with Crippen LogP contribution in [-0.4, -0.2) is 16.7 Å². The zero-order valence-electron chi connectivity index (χ0n) is 10.4. The first-order valence-corrected chi connectivity index (χ1v) is 6.08. The minimum Gasteiger partial charge on any atom is -0.313 e. The van der Waals surface area contributed by atoms with Gasteiger partial charge in [-0.2, -0.15) is 10.4 Å². The Morgan fingerprint density at radius 2 is 2.33 bits per heavy atom. The van der Waals surface area contributed by atoms with Crippen LogP contribution in [-0.2, 0) is 6.54 Å². The van der Waals surface area contributed by atoms with Gasteiger partial charge in [-0.05, 0) is 25.1 Å². The largest absolute Gasteiger partial charge is 0.313 e. The molecular weight excluding hydrogens is 224 g/mol. The Morgan fingerprint density at radius 1 is 1.44 bits per heavy atom. The van der Waals surface area contributed by atoms with Crippen LogP contribution >= 0.6 is 0 Å². The summed E-state index contributed by atoms with van der Waals surface area (Å²) in [7, 11) is 0. The van der Waals surface area contributed by atoms with Gasteiger partial charge < -0.3 is 5.32 Å². The van der Waals surface area contributed by atoms with Gasteiger partial charge in [-0.1, -0.05) is 19.1 Å². The van der Waals surface area contributed by atoms with E-state index in [9.17, 15) is 0 Å². The zero-order chi connectivity index (χ0) is 12.8. The number of hydrogen-bond donors (Lipinski definition) is 2. The molecule has 0 bridgehead atoms. The number of nitriles is 1. The van der Waals surface area contributed by atoms with Crippen LogP contribution in [0.2, 0.25) is 0 Å². The Morgan fingerprint density at radius 3 is 3.11 bits per heavy atom. The topological polar surface area (TPSA) is 64.5 Å². The lowest BCUT2D eigenvalue weighted by molar-refractivity contribution is 0.676. The second-order valence-electron chi connectivity index (χ2n) is 4.14. The van der Waals surface area contributed by atoms with Crippen molar-refractivity contribution in [3.8, 4) is 17.3 Å². The molecule has 1 aromatic carbocycles. The second kappa shape index (κ2) is 5.99. The summed E-state index contributed by atoms with van der Waals surface area (Å²) >= 11 is 0. The molecule has 0 aliphatic carbocycles. The summed E-state index contributed by atoms with van der Waals surface area (Å²) in [5.41, 5.74) is 3.77. The first-order valence-electron chi connectivity index (χ1n) is 6.08. The van der Waals surface area contributed by atoms with E-state index in [4.69, 9.17) is 5.26 Å². The van der Waals surface area contributed by atoms with E-state index in [2.05, 4.69) is 28.5 Å². The quantitative estimate of drug-likeness (QED) is 0.789. The Labute approximate surface area is 107 Å². The van der Waals surface area contributed by atoms with Crippen LogP contribution in [0.3, 0.4) is 0 Å². The lowest BCUT2D eigenvalue weighted by Gasteiger charge is -2.05. The first-order chi connectivity index (χ1) is 8.85. The van der Waals surface area contributed by atoms with Crippen LogP contribution in [0.4, 0.5) is 0 Å². The molecule has 0 amide bonds. The van der Waals surface area contributed by atoms with Crippen molar-refractivity contribution < 1.29 is 0 Å². The Bertz CT molecular complexity index is 551. The number of aromatic amines is 1. The summed E-state index contributed by atoms with van der Waals surface area (Å²) in [6.45, 7) is 3.92. The van der Waals surface area contributed by atoms with E-state index in [-0.39, 0.29) is 0 Å². The number of aromatic nitrogens is 2. The van der Waals surface area contributed by atoms with Crippen molar-refractivity contribution in [2.45, 2.75) is 19.9 Å². The van der Waals surface area contributed by atoms with Gasteiger partial charge in [0.05, 0.1) is 23.5 Å². The number of hydrogen-bond acceptors (Lipinski definition) is 3. The average Bonchev–Trinajstić information content (AvgIpc) is 2.87. The lowest BCUT2D eigenvalue weighted by atomic mass is 10.1. The molecule has 0 aliphatic heterocycles. The number of rotatable bonds is 5. The van der Waals surface area contributed by atoms with Gasteiger partial charge in [-0.25, -0.2) is 0 Å². The second-order valence-corrected chi connectivity index (χ2v) is 4.14. The molecule has 2 rings (SSSR count). The molecule has 1 aromatic heterocycles. The molecule has 0 saturated heterocycles. The highest BCUT2D eigenvalue weighted by molar-refractivity contribution is 5.64. The molecule has 0 saturated carbocycles. The summed E-state index contributed by atoms with van der Waals surface area (Å²) in [5.74, 6) is 0. The average molecular weight is 240 g/mol. The van der Waals surface area contributed by atoms with Crippen molar-refractivity contribution in [2.24, 2.45) is 0 Å². The van der Waals surface area contributed by atoms with Gasteiger partial charge in [-0.3, -0.25) is 5.10 Å². The summed E-state index contributed by atoms with van der Waals surface area (Å²) in [5, 5.41) is 19.4. The number of nitrogens with one attached hydrogen (secondary N) is 2. The monoisotopic (exact) mass is 240 g/mol. The van der Waals surface area contributed by atoms with Crippen LogP contribution in [0.25, 0.3) is 11.3 Å². The van der Waals surface area contributed by atoms with Gasteiger partial charge in [0, 0.05) is 17.7 Å². The summed E-state index contributed by atoms with van der Waals surface area (Å²) in [6, 6.07) is 9.69. The van der Waals surface area contributed by atoms with E-state index in [1.165, 1.54) is 0 Å². The van der Waals surface area contributed by atoms with Gasteiger partial charge >= 0.3 is 0 Å². The number of benzene rings is 1. The Balaban J connectivity index is 2.22. The predicted octanol–water partition coefficient (Wildman–Crippen LogP) is 2.45. The smallest absolute Gasteiger partial charge is 0.0991 e. The third kappa shape index (κ3) is 2.76. The summed E-state index contributed by atoms with van der Waals surface area (Å²) in [6.07, 6.45) is 2.94. The fourth-order valence-corrected chi connectivity index (χ4v) is 1.84. The molecule has 18 heavy (non-hydrogen) atoms. The molecule has 0 fully saturated rings. The molecule has 2 aromatic rings. The van der Waals surface area contributed by atoms with Crippen molar-refractivity contribution in [3.05, 3.63) is 41.6 Å². The van der Waals surface area contributed by atoms with Crippen LogP contribution in [0.5, 0.6) is 0 Å². The van der Waals surface area contributed by atoms with Crippen molar-refractivity contribution in [3.63, 3.8) is 0 Å². The summed E-state index contributed by atoms with van der Waals surface area (Å²) in [4.78, 5) is 0. The van der Waals surface area contributed by atoms with E-state index in [1.54, 1.807) is 6.07 Å². The standard InChI is InChI=1S/C14H16N4/c1-2-6-16-9-13-10-17-18-14(13)12-5-3-4-11(7-12)8-15/h3-5,7,10,16H,2,6,9H2,1H3,(H,17,18). The van der Waals surface area contributed by atoms with E-state index < -0.39 is 0 Å². The lowest BCUT2D eigenvalue weighted by Crippen LogP contribution is -2.13. The highest BCUT2D eigenvalue weighted by Crippen LogP contribution is 2.21. The predicted molar refractivity (Wildman–Crippen MR) is 70.7 cm³/mol. The van der Waals surface area contributed by atoms with Crippen molar-refractivity contribution in [2.75, 3.05) is 6.54 Å². The van der Waals surface area contributed by atoms with E-state index in [0.29, 0.717) is 5.56 Å². The molecule has 92 valence electrons. The van der Waals surface area contributed by atoms with Crippen molar-refractivity contribution in [1.82, 2.24) is 15.5 Å². The fourth-order valence-electron chi connectivity index (χ4n) is 1.84. The van der Waals surface area contributed by atoms with E-state index >= 15 is 0 Å². The maximum Gasteiger partial charge on any atom is 0.0991 e. The zero-order valence-corrected chi connectivity index (χ0v) is 10.4. The number of nitrogens with zero attached hydrogens (tertiary/aromatic N) is 2. The Hall–Kier alpha value is -2.12. The maximum atomic E-state index is 8.91. The SMILES string of the molecule is CCCNCc1cn[nH]c1-c1cccc(C#N)c1. The van der Waals surface area contributed by atoms with Gasteiger partial charge in [0.2, 0.25) is 0 Å². The van der Waals surface area contributed by atoms with Gasteiger partial charge in [0.1, 0.15) is 0 Å². The van der Waals surface area contributed by atoms with Crippen molar-refractivity contribution in [1.29, 1.82) is 5.26 Å². The molecule has 0 spiro atoms. The van der Waals surface area contributed by atoms with Gasteiger partial charge in [0.25, 0.3) is 0 Å². The highest BCUT2D eigenvalue weighted by Gasteiger charge is 2.07. The van der Waals surface area contributed by atoms with Crippen LogP contribution in [0.15, 0.2) is 30.5 Å². The molecular formula is C14H16N4. The molecule has 1 heterocycles. The minimum absolute atomic E-state index is 0.662. The normalized spacial score (nSPS) is 10.2. The van der Waals surface area contributed by atoms with Gasteiger partial charge in [0.15, 0.2) is 0 Å². The molecule has 2 N–H and O–H groups in total. The third-order valence-electron chi connectivity index (χ3n) is 2.74. The number of H-pyrrole nitrogens is 1. The highest BCUT2D eigenvalue weighted by atomic mass is 15.1. The maximum absolute atomic E-state index is 8.91. The third-order valence-corrected chi connectivity index (χ3v) is 2.74. The van der Waals surface area contributed by atoms with Gasteiger partial charge in [-0.15, -0.1) is 0 Å². The minimum atomic E-state index is 0.662. The van der Waals surface area contributed by atoms with Crippen LogP contribution in [0, 0.1) is 11.3 Å². The summed E-state index contributed by atoms with van der Waals surface area (Å²) < 4.78 is 0. The van der Waals surface area contributed by atoms with Crippen LogP contribution in [0.1, 0.15) is 24.5 Å². The first kappa shape index (κ1) is 12.3. The molecule has 0 unspecified atom stereocenters. The molecule has 0 radical (unpaired) electrons. The van der Waals surface area contributed by atoms with Crippen molar-refractivity contribution >= 4 is 0 Å². The fraction of sp³-hybridized carbons (Fsp3) is 0.286. The molecule has 4 heteroatoms. The van der Waals surface area contributed by atoms with E-state index in [0.717, 1.165) is 36.3 Å². The molecule has 4 nitrogen and oxygen atoms in total. The molecule has 0 aliphatic rings. The van der Waals surface area contributed by atoms with Crippen LogP contribution < -0.4 is 5.32 Å². The Kier molecular flexibility index (Phi) is 4.11. The van der Waals surface area contributed by atoms with E-state index in [1.807, 2.05) is 24.4 Å². The molecule has 0 atom stereocenters.